The van der Waals surface area contributed by atoms with Crippen molar-refractivity contribution in [2.75, 3.05) is 19.7 Å². The molecule has 0 spiro atoms. The van der Waals surface area contributed by atoms with Gasteiger partial charge in [0.05, 0.1) is 13.0 Å². The highest BCUT2D eigenvalue weighted by Gasteiger charge is 2.38. The summed E-state index contributed by atoms with van der Waals surface area (Å²) >= 11 is 0. The van der Waals surface area contributed by atoms with Crippen molar-refractivity contribution in [3.8, 4) is 5.75 Å². The Balaban J connectivity index is 0.00000126. The van der Waals surface area contributed by atoms with Gasteiger partial charge in [-0.3, -0.25) is 4.79 Å². The van der Waals surface area contributed by atoms with Crippen LogP contribution in [0.25, 0.3) is 0 Å². The topological polar surface area (TPSA) is 95.9 Å². The molecule has 0 saturated heterocycles. The summed E-state index contributed by atoms with van der Waals surface area (Å²) < 4.78 is 37.6. The van der Waals surface area contributed by atoms with E-state index in [2.05, 4.69) is 30.4 Å². The Labute approximate surface area is 194 Å². The number of ether oxygens (including phenoxy) is 1. The van der Waals surface area contributed by atoms with E-state index in [-0.39, 0.29) is 6.42 Å². The largest absolute Gasteiger partial charge is 0.494 e. The highest BCUT2D eigenvalue weighted by Crippen LogP contribution is 2.16. The van der Waals surface area contributed by atoms with Gasteiger partial charge >= 0.3 is 18.1 Å². The number of aryl methyl sites for hydroxylation is 1. The molecule has 190 valence electrons. The molecule has 33 heavy (non-hydrogen) atoms. The molecule has 0 amide bonds. The maximum atomic E-state index is 10.6. The number of nitrogens with one attached hydrogen (secondary N) is 1. The summed E-state index contributed by atoms with van der Waals surface area (Å²) in [5, 5.41) is 18.9. The Bertz CT molecular complexity index is 653. The molecule has 0 unspecified atom stereocenters. The van der Waals surface area contributed by atoms with Crippen LogP contribution in [0.5, 0.6) is 5.75 Å². The van der Waals surface area contributed by atoms with Crippen LogP contribution >= 0.6 is 0 Å². The lowest BCUT2D eigenvalue weighted by Gasteiger charge is -2.09. The van der Waals surface area contributed by atoms with Gasteiger partial charge in [0.1, 0.15) is 5.75 Å². The highest BCUT2D eigenvalue weighted by molar-refractivity contribution is 5.73. The first-order valence-corrected chi connectivity index (χ1v) is 11.6. The van der Waals surface area contributed by atoms with Gasteiger partial charge in [0, 0.05) is 6.54 Å². The molecule has 0 aliphatic rings. The number of aliphatic carboxylic acids is 2. The second-order valence-corrected chi connectivity index (χ2v) is 7.77. The zero-order valence-corrected chi connectivity index (χ0v) is 19.5. The van der Waals surface area contributed by atoms with E-state index in [0.29, 0.717) is 6.54 Å². The van der Waals surface area contributed by atoms with Crippen LogP contribution in [0.1, 0.15) is 76.7 Å². The summed E-state index contributed by atoms with van der Waals surface area (Å²) in [6.07, 6.45) is 7.60. The van der Waals surface area contributed by atoms with Gasteiger partial charge in [0.25, 0.3) is 0 Å². The molecule has 0 aromatic heterocycles. The standard InChI is InChI=1S/C22H37NO3.C2HF3O2/c1-2-3-4-5-6-7-8-9-18-26-21-14-10-12-20(19-21)13-11-16-23-17-15-22(24)25;3-2(4,5)1(6)7/h10,12,14,19,23H,2-9,11,13,15-18H2,1H3,(H,24,25);(H,6,7). The van der Waals surface area contributed by atoms with Crippen molar-refractivity contribution in [1.82, 2.24) is 5.32 Å². The molecule has 1 aromatic rings. The average molecular weight is 478 g/mol. The predicted molar refractivity (Wildman–Crippen MR) is 122 cm³/mol. The number of benzene rings is 1. The molecule has 0 heterocycles. The fourth-order valence-electron chi connectivity index (χ4n) is 2.95. The van der Waals surface area contributed by atoms with E-state index in [1.807, 2.05) is 6.07 Å². The molecular formula is C24H38F3NO5. The molecule has 9 heteroatoms. The van der Waals surface area contributed by atoms with Crippen LogP contribution in [-0.2, 0) is 16.0 Å². The zero-order valence-electron chi connectivity index (χ0n) is 19.5. The second-order valence-electron chi connectivity index (χ2n) is 7.77. The maximum Gasteiger partial charge on any atom is 0.490 e. The first-order chi connectivity index (χ1) is 15.7. The smallest absolute Gasteiger partial charge is 0.490 e. The van der Waals surface area contributed by atoms with Crippen LogP contribution in [0, 0.1) is 0 Å². The van der Waals surface area contributed by atoms with Crippen molar-refractivity contribution < 1.29 is 37.7 Å². The van der Waals surface area contributed by atoms with Gasteiger partial charge in [0.2, 0.25) is 0 Å². The van der Waals surface area contributed by atoms with Crippen LogP contribution in [0.2, 0.25) is 0 Å². The number of hydrogen-bond acceptors (Lipinski definition) is 4. The van der Waals surface area contributed by atoms with Crippen LogP contribution in [0.15, 0.2) is 24.3 Å². The fourth-order valence-corrected chi connectivity index (χ4v) is 2.95. The molecular weight excluding hydrogens is 439 g/mol. The molecule has 6 nitrogen and oxygen atoms in total. The summed E-state index contributed by atoms with van der Waals surface area (Å²) in [5.41, 5.74) is 1.28. The molecule has 1 rings (SSSR count). The maximum absolute atomic E-state index is 10.6. The van der Waals surface area contributed by atoms with Gasteiger partial charge < -0.3 is 20.3 Å². The van der Waals surface area contributed by atoms with Gasteiger partial charge in [-0.25, -0.2) is 4.79 Å². The summed E-state index contributed by atoms with van der Waals surface area (Å²) in [6, 6.07) is 8.33. The highest BCUT2D eigenvalue weighted by atomic mass is 19.4. The minimum absolute atomic E-state index is 0.183. The van der Waals surface area contributed by atoms with E-state index < -0.39 is 18.1 Å². The first-order valence-electron chi connectivity index (χ1n) is 11.6. The lowest BCUT2D eigenvalue weighted by Crippen LogP contribution is -2.21. The number of carboxylic acids is 2. The monoisotopic (exact) mass is 477 g/mol. The number of halogens is 3. The van der Waals surface area contributed by atoms with Crippen LogP contribution in [-0.4, -0.2) is 48.0 Å². The molecule has 0 radical (unpaired) electrons. The Kier molecular flexibility index (Phi) is 17.9. The Morgan fingerprint density at radius 3 is 2.12 bits per heavy atom. The Morgan fingerprint density at radius 1 is 0.939 bits per heavy atom. The number of unbranched alkanes of at least 4 members (excludes halogenated alkanes) is 7. The average Bonchev–Trinajstić information content (AvgIpc) is 2.75. The number of rotatable bonds is 17. The Morgan fingerprint density at radius 2 is 1.55 bits per heavy atom. The SMILES string of the molecule is CCCCCCCCCCOc1cccc(CCCNCCC(=O)O)c1.O=C(O)C(F)(F)F. The van der Waals surface area contributed by atoms with Crippen molar-refractivity contribution in [1.29, 1.82) is 0 Å². The normalized spacial score (nSPS) is 10.9. The first kappa shape index (κ1) is 30.7. The van der Waals surface area contributed by atoms with Gasteiger partial charge in [-0.2, -0.15) is 13.2 Å². The minimum Gasteiger partial charge on any atom is -0.494 e. The zero-order chi connectivity index (χ0) is 25.0. The molecule has 1 aromatic carbocycles. The lowest BCUT2D eigenvalue weighted by molar-refractivity contribution is -0.192. The fraction of sp³-hybridized carbons (Fsp3) is 0.667. The second kappa shape index (κ2) is 19.2. The van der Waals surface area contributed by atoms with E-state index in [0.717, 1.165) is 38.2 Å². The molecule has 0 fully saturated rings. The summed E-state index contributed by atoms with van der Waals surface area (Å²) in [7, 11) is 0. The third kappa shape index (κ3) is 20.1. The van der Waals surface area contributed by atoms with Crippen LogP contribution in [0.4, 0.5) is 13.2 Å². The Hall–Kier alpha value is -2.29. The molecule has 0 bridgehead atoms. The van der Waals surface area contributed by atoms with Gasteiger partial charge in [-0.1, -0.05) is 64.0 Å². The van der Waals surface area contributed by atoms with E-state index in [1.54, 1.807) is 0 Å². The van der Waals surface area contributed by atoms with Crippen molar-refractivity contribution >= 4 is 11.9 Å². The summed E-state index contributed by atoms with van der Waals surface area (Å²) in [6.45, 7) is 4.44. The van der Waals surface area contributed by atoms with Crippen LogP contribution < -0.4 is 10.1 Å². The number of hydrogen-bond donors (Lipinski definition) is 3. The quantitative estimate of drug-likeness (QED) is 0.244. The summed E-state index contributed by atoms with van der Waals surface area (Å²) in [4.78, 5) is 19.3. The summed E-state index contributed by atoms with van der Waals surface area (Å²) in [5.74, 6) is -2.55. The molecule has 0 saturated carbocycles. The predicted octanol–water partition coefficient (Wildman–Crippen LogP) is 5.84. The van der Waals surface area contributed by atoms with E-state index in [4.69, 9.17) is 19.7 Å². The van der Waals surface area contributed by atoms with E-state index in [9.17, 15) is 18.0 Å². The van der Waals surface area contributed by atoms with E-state index >= 15 is 0 Å². The van der Waals surface area contributed by atoms with Crippen molar-refractivity contribution in [3.63, 3.8) is 0 Å². The minimum atomic E-state index is -5.08. The van der Waals surface area contributed by atoms with Gasteiger partial charge in [-0.05, 0) is 43.5 Å². The number of carboxylic acid groups (broad SMARTS) is 2. The van der Waals surface area contributed by atoms with Crippen molar-refractivity contribution in [2.45, 2.75) is 83.7 Å². The van der Waals surface area contributed by atoms with Crippen LogP contribution in [0.3, 0.4) is 0 Å². The molecule has 0 aliphatic heterocycles. The van der Waals surface area contributed by atoms with Crippen molar-refractivity contribution in [2.24, 2.45) is 0 Å². The third-order valence-electron chi connectivity index (χ3n) is 4.74. The molecule has 3 N–H and O–H groups in total. The number of alkyl halides is 3. The number of carbonyl (C=O) groups is 2. The lowest BCUT2D eigenvalue weighted by atomic mass is 10.1. The van der Waals surface area contributed by atoms with Gasteiger partial charge in [-0.15, -0.1) is 0 Å². The molecule has 0 atom stereocenters. The van der Waals surface area contributed by atoms with E-state index in [1.165, 1.54) is 50.5 Å². The molecule has 0 aliphatic carbocycles. The van der Waals surface area contributed by atoms with Crippen molar-refractivity contribution in [3.05, 3.63) is 29.8 Å². The third-order valence-corrected chi connectivity index (χ3v) is 4.74. The van der Waals surface area contributed by atoms with Gasteiger partial charge in [0.15, 0.2) is 0 Å².